The lowest BCUT2D eigenvalue weighted by atomic mass is 9.93. The lowest BCUT2D eigenvalue weighted by molar-refractivity contribution is -0.121. The van der Waals surface area contributed by atoms with Gasteiger partial charge in [0.05, 0.1) is 12.5 Å². The summed E-state index contributed by atoms with van der Waals surface area (Å²) in [6.07, 6.45) is 3.56. The van der Waals surface area contributed by atoms with E-state index in [4.69, 9.17) is 4.42 Å². The van der Waals surface area contributed by atoms with Crippen molar-refractivity contribution in [3.8, 4) is 0 Å². The van der Waals surface area contributed by atoms with Crippen LogP contribution in [0.25, 0.3) is 0 Å². The number of anilines is 1. The van der Waals surface area contributed by atoms with E-state index in [-0.39, 0.29) is 23.6 Å². The number of aromatic nitrogens is 2. The van der Waals surface area contributed by atoms with Crippen LogP contribution in [0.5, 0.6) is 0 Å². The van der Waals surface area contributed by atoms with Gasteiger partial charge in [0, 0.05) is 25.1 Å². The second-order valence-electron chi connectivity index (χ2n) is 7.14. The molecule has 3 heterocycles. The summed E-state index contributed by atoms with van der Waals surface area (Å²) in [4.78, 5) is 27.7. The minimum Gasteiger partial charge on any atom is -0.459 e. The van der Waals surface area contributed by atoms with Crippen LogP contribution in [0.15, 0.2) is 59.3 Å². The Morgan fingerprint density at radius 2 is 1.93 bits per heavy atom. The van der Waals surface area contributed by atoms with Crippen molar-refractivity contribution in [2.75, 3.05) is 5.32 Å². The molecule has 1 unspecified atom stereocenters. The molecule has 0 aliphatic carbocycles. The number of benzene rings is 1. The summed E-state index contributed by atoms with van der Waals surface area (Å²) in [7, 11) is 0. The number of hydrogen-bond donors (Lipinski definition) is 1. The quantitative estimate of drug-likeness (QED) is 0.756. The number of carbonyl (C=O) groups excluding carboxylic acids is 2. The van der Waals surface area contributed by atoms with Crippen LogP contribution in [0.2, 0.25) is 0 Å². The molecule has 0 saturated heterocycles. The number of rotatable bonds is 4. The van der Waals surface area contributed by atoms with Crippen molar-refractivity contribution >= 4 is 17.6 Å². The van der Waals surface area contributed by atoms with E-state index in [1.807, 2.05) is 38.1 Å². The molecule has 3 aromatic rings. The fraction of sp³-hybridized carbons (Fsp3) is 0.286. The Bertz CT molecular complexity index is 991. The van der Waals surface area contributed by atoms with Crippen molar-refractivity contribution in [2.24, 2.45) is 0 Å². The Morgan fingerprint density at radius 1 is 1.14 bits per heavy atom. The van der Waals surface area contributed by atoms with Gasteiger partial charge in [-0.2, -0.15) is 5.10 Å². The average Bonchev–Trinajstić information content (AvgIpc) is 3.38. The standard InChI is InChI=1S/C21H22N4O3/c1-14(2)25-19(9-10-22-25)23-20(26)17-12-15-6-3-4-7-16(15)13-24(17)21(27)18-8-5-11-28-18/h3-11,14,17H,12-13H2,1-2H3,(H,23,26). The van der Waals surface area contributed by atoms with Crippen LogP contribution >= 0.6 is 0 Å². The average molecular weight is 378 g/mol. The maximum absolute atomic E-state index is 13.2. The zero-order chi connectivity index (χ0) is 19.7. The molecule has 4 rings (SSSR count). The molecular weight excluding hydrogens is 356 g/mol. The van der Waals surface area contributed by atoms with E-state index < -0.39 is 6.04 Å². The monoisotopic (exact) mass is 378 g/mol. The number of amides is 2. The molecule has 0 spiro atoms. The van der Waals surface area contributed by atoms with E-state index in [9.17, 15) is 9.59 Å². The highest BCUT2D eigenvalue weighted by Gasteiger charge is 2.36. The lowest BCUT2D eigenvalue weighted by Crippen LogP contribution is -2.50. The zero-order valence-electron chi connectivity index (χ0n) is 15.8. The number of nitrogens with one attached hydrogen (secondary N) is 1. The van der Waals surface area contributed by atoms with Crippen molar-refractivity contribution < 1.29 is 14.0 Å². The molecule has 1 atom stereocenters. The van der Waals surface area contributed by atoms with Gasteiger partial charge >= 0.3 is 0 Å². The lowest BCUT2D eigenvalue weighted by Gasteiger charge is -2.35. The van der Waals surface area contributed by atoms with Gasteiger partial charge in [0.1, 0.15) is 11.9 Å². The Labute approximate surface area is 162 Å². The van der Waals surface area contributed by atoms with Crippen LogP contribution in [0.1, 0.15) is 41.6 Å². The van der Waals surface area contributed by atoms with Crippen LogP contribution in [0.4, 0.5) is 5.82 Å². The van der Waals surface area contributed by atoms with Crippen molar-refractivity contribution in [3.63, 3.8) is 0 Å². The van der Waals surface area contributed by atoms with Crippen LogP contribution in [-0.2, 0) is 17.8 Å². The number of nitrogens with zero attached hydrogens (tertiary/aromatic N) is 3. The van der Waals surface area contributed by atoms with E-state index in [0.29, 0.717) is 18.8 Å². The summed E-state index contributed by atoms with van der Waals surface area (Å²) in [5, 5.41) is 7.19. The zero-order valence-corrected chi connectivity index (χ0v) is 15.8. The second-order valence-corrected chi connectivity index (χ2v) is 7.14. The third kappa shape index (κ3) is 3.31. The van der Waals surface area contributed by atoms with Crippen molar-refractivity contribution in [1.29, 1.82) is 0 Å². The summed E-state index contributed by atoms with van der Waals surface area (Å²) in [6, 6.07) is 12.4. The molecule has 2 amide bonds. The molecule has 28 heavy (non-hydrogen) atoms. The van der Waals surface area contributed by atoms with E-state index >= 15 is 0 Å². The maximum Gasteiger partial charge on any atom is 0.290 e. The third-order valence-corrected chi connectivity index (χ3v) is 4.95. The Morgan fingerprint density at radius 3 is 2.64 bits per heavy atom. The van der Waals surface area contributed by atoms with Gasteiger partial charge in [0.15, 0.2) is 5.76 Å². The molecule has 1 aromatic carbocycles. The molecule has 7 nitrogen and oxygen atoms in total. The SMILES string of the molecule is CC(C)n1nccc1NC(=O)C1Cc2ccccc2CN1C(=O)c1ccco1. The van der Waals surface area contributed by atoms with Gasteiger partial charge in [0.25, 0.3) is 5.91 Å². The normalized spacial score (nSPS) is 16.1. The first kappa shape index (κ1) is 18.0. The first-order valence-electron chi connectivity index (χ1n) is 9.30. The van der Waals surface area contributed by atoms with E-state index in [1.54, 1.807) is 34.0 Å². The van der Waals surface area contributed by atoms with Crippen molar-refractivity contribution in [3.05, 3.63) is 71.8 Å². The van der Waals surface area contributed by atoms with E-state index in [2.05, 4.69) is 10.4 Å². The summed E-state index contributed by atoms with van der Waals surface area (Å²) in [5.74, 6) is 0.308. The van der Waals surface area contributed by atoms with Crippen molar-refractivity contribution in [2.45, 2.75) is 38.9 Å². The molecular formula is C21H22N4O3. The molecule has 1 N–H and O–H groups in total. The Hall–Kier alpha value is -3.35. The molecule has 0 saturated carbocycles. The van der Waals surface area contributed by atoms with Gasteiger partial charge in [-0.25, -0.2) is 4.68 Å². The fourth-order valence-electron chi connectivity index (χ4n) is 3.55. The molecule has 1 aliphatic rings. The predicted octanol–water partition coefficient (Wildman–Crippen LogP) is 3.26. The molecule has 2 aromatic heterocycles. The minimum atomic E-state index is -0.636. The maximum atomic E-state index is 13.2. The highest BCUT2D eigenvalue weighted by Crippen LogP contribution is 2.26. The van der Waals surface area contributed by atoms with Crippen LogP contribution in [0, 0.1) is 0 Å². The van der Waals surface area contributed by atoms with Crippen LogP contribution in [-0.4, -0.2) is 32.5 Å². The summed E-state index contributed by atoms with van der Waals surface area (Å²) in [6.45, 7) is 4.34. The Balaban J connectivity index is 1.64. The van der Waals surface area contributed by atoms with Crippen LogP contribution < -0.4 is 5.32 Å². The molecule has 1 aliphatic heterocycles. The van der Waals surface area contributed by atoms with Gasteiger partial charge in [-0.15, -0.1) is 0 Å². The predicted molar refractivity (Wildman–Crippen MR) is 104 cm³/mol. The molecule has 144 valence electrons. The first-order chi connectivity index (χ1) is 13.5. The van der Waals surface area contributed by atoms with Crippen LogP contribution in [0.3, 0.4) is 0 Å². The van der Waals surface area contributed by atoms with E-state index in [1.165, 1.54) is 6.26 Å². The topological polar surface area (TPSA) is 80.4 Å². The smallest absolute Gasteiger partial charge is 0.290 e. The number of carbonyl (C=O) groups is 2. The second kappa shape index (κ2) is 7.34. The summed E-state index contributed by atoms with van der Waals surface area (Å²) >= 11 is 0. The fourth-order valence-corrected chi connectivity index (χ4v) is 3.55. The number of furan rings is 1. The van der Waals surface area contributed by atoms with E-state index in [0.717, 1.165) is 11.1 Å². The van der Waals surface area contributed by atoms with Gasteiger partial charge in [-0.05, 0) is 37.1 Å². The largest absolute Gasteiger partial charge is 0.459 e. The Kier molecular flexibility index (Phi) is 4.73. The molecule has 0 bridgehead atoms. The highest BCUT2D eigenvalue weighted by molar-refractivity contribution is 6.00. The highest BCUT2D eigenvalue weighted by atomic mass is 16.3. The number of hydrogen-bond acceptors (Lipinski definition) is 4. The molecule has 0 radical (unpaired) electrons. The first-order valence-corrected chi connectivity index (χ1v) is 9.30. The summed E-state index contributed by atoms with van der Waals surface area (Å²) in [5.41, 5.74) is 2.11. The number of fused-ring (bicyclic) bond motifs is 1. The van der Waals surface area contributed by atoms with Crippen molar-refractivity contribution in [1.82, 2.24) is 14.7 Å². The minimum absolute atomic E-state index is 0.109. The van der Waals surface area contributed by atoms with Gasteiger partial charge in [-0.3, -0.25) is 9.59 Å². The molecule has 7 heteroatoms. The van der Waals surface area contributed by atoms with Gasteiger partial charge in [-0.1, -0.05) is 24.3 Å². The van der Waals surface area contributed by atoms with Gasteiger partial charge in [0.2, 0.25) is 5.91 Å². The molecule has 0 fully saturated rings. The summed E-state index contributed by atoms with van der Waals surface area (Å²) < 4.78 is 7.03. The van der Waals surface area contributed by atoms with Gasteiger partial charge < -0.3 is 14.6 Å². The third-order valence-electron chi connectivity index (χ3n) is 4.95.